The van der Waals surface area contributed by atoms with Crippen LogP contribution in [0.2, 0.25) is 0 Å². The number of hydrogen-bond donors (Lipinski definition) is 3. The van der Waals surface area contributed by atoms with Gasteiger partial charge in [0, 0.05) is 6.54 Å². The molecule has 1 aliphatic rings. The zero-order valence-corrected chi connectivity index (χ0v) is 11.5. The fourth-order valence-corrected chi connectivity index (χ4v) is 2.55. The molecule has 5 N–H and O–H groups in total. The number of carbonyl (C=O) groups excluding carboxylic acids is 1. The van der Waals surface area contributed by atoms with Crippen LogP contribution in [0.3, 0.4) is 0 Å². The predicted octanol–water partition coefficient (Wildman–Crippen LogP) is 0.302. The van der Waals surface area contributed by atoms with Gasteiger partial charge in [-0.2, -0.15) is 0 Å². The highest BCUT2D eigenvalue weighted by atomic mass is 16.1. The quantitative estimate of drug-likeness (QED) is 0.301. The molecule has 0 radical (unpaired) electrons. The minimum absolute atomic E-state index is 0.0884. The highest BCUT2D eigenvalue weighted by Crippen LogP contribution is 2.18. The Morgan fingerprint density at radius 3 is 2.85 bits per heavy atom. The summed E-state index contributed by atoms with van der Waals surface area (Å²) in [4.78, 5) is 17.6. The number of benzene rings is 1. The molecule has 1 aromatic carbocycles. The highest BCUT2D eigenvalue weighted by Gasteiger charge is 2.28. The summed E-state index contributed by atoms with van der Waals surface area (Å²) in [6, 6.07) is 7.88. The zero-order valence-electron chi connectivity index (χ0n) is 11.5. The van der Waals surface area contributed by atoms with Gasteiger partial charge >= 0.3 is 0 Å². The molecule has 1 saturated heterocycles. The molecule has 0 spiro atoms. The van der Waals surface area contributed by atoms with Crippen LogP contribution in [0.15, 0.2) is 29.3 Å². The van der Waals surface area contributed by atoms with Gasteiger partial charge in [0.15, 0.2) is 0 Å². The van der Waals surface area contributed by atoms with Crippen LogP contribution in [0.5, 0.6) is 0 Å². The minimum Gasteiger partial charge on any atom is -0.368 e. The summed E-state index contributed by atoms with van der Waals surface area (Å²) < 4.78 is 0. The van der Waals surface area contributed by atoms with Crippen LogP contribution in [-0.4, -0.2) is 36.3 Å². The number of nitrogens with zero attached hydrogens (tertiary/aromatic N) is 2. The lowest BCUT2D eigenvalue weighted by Gasteiger charge is -2.21. The molecule has 1 atom stereocenters. The smallest absolute Gasteiger partial charge is 0.234 e. The van der Waals surface area contributed by atoms with E-state index < -0.39 is 0 Å². The Bertz CT molecular complexity index is 471. The van der Waals surface area contributed by atoms with E-state index in [9.17, 15) is 4.79 Å². The van der Waals surface area contributed by atoms with Crippen LogP contribution in [-0.2, 0) is 11.2 Å². The summed E-state index contributed by atoms with van der Waals surface area (Å²) in [5, 5.41) is 0. The molecule has 0 aliphatic carbocycles. The van der Waals surface area contributed by atoms with E-state index in [-0.39, 0.29) is 11.9 Å². The Hall–Kier alpha value is -1.92. The van der Waals surface area contributed by atoms with Crippen molar-refractivity contribution < 1.29 is 4.79 Å². The topological polar surface area (TPSA) is 96.7 Å². The fraction of sp³-hybridized carbons (Fsp3) is 0.429. The van der Waals surface area contributed by atoms with Crippen molar-refractivity contribution in [1.29, 1.82) is 0 Å². The van der Waals surface area contributed by atoms with Gasteiger partial charge in [-0.05, 0) is 43.5 Å². The first-order valence-electron chi connectivity index (χ1n) is 6.81. The van der Waals surface area contributed by atoms with Crippen molar-refractivity contribution in [1.82, 2.24) is 10.3 Å². The van der Waals surface area contributed by atoms with E-state index in [4.69, 9.17) is 11.6 Å². The van der Waals surface area contributed by atoms with Crippen molar-refractivity contribution in [3.8, 4) is 0 Å². The number of amides is 1. The molecule has 0 aromatic heterocycles. The van der Waals surface area contributed by atoms with Gasteiger partial charge in [-0.3, -0.25) is 9.69 Å². The van der Waals surface area contributed by atoms with E-state index in [0.717, 1.165) is 38.0 Å². The third-order valence-corrected chi connectivity index (χ3v) is 3.60. The maximum absolute atomic E-state index is 11.3. The van der Waals surface area contributed by atoms with Crippen LogP contribution < -0.4 is 17.0 Å². The monoisotopic (exact) mass is 275 g/mol. The first kappa shape index (κ1) is 14.5. The van der Waals surface area contributed by atoms with E-state index >= 15 is 0 Å². The average Bonchev–Trinajstić information content (AvgIpc) is 2.92. The largest absolute Gasteiger partial charge is 0.368 e. The molecule has 0 unspecified atom stereocenters. The van der Waals surface area contributed by atoms with Gasteiger partial charge in [0.05, 0.1) is 11.7 Å². The maximum atomic E-state index is 11.3. The summed E-state index contributed by atoms with van der Waals surface area (Å²) in [7, 11) is 0. The molecule has 1 aliphatic heterocycles. The highest BCUT2D eigenvalue weighted by molar-refractivity contribution is 5.80. The van der Waals surface area contributed by atoms with Crippen molar-refractivity contribution in [2.24, 2.45) is 16.6 Å². The average molecular weight is 275 g/mol. The van der Waals surface area contributed by atoms with E-state index in [2.05, 4.69) is 15.3 Å². The molecule has 6 nitrogen and oxygen atoms in total. The number of hydrazine groups is 1. The van der Waals surface area contributed by atoms with Crippen LogP contribution in [0.4, 0.5) is 5.69 Å². The molecule has 0 saturated carbocycles. The second-order valence-electron chi connectivity index (χ2n) is 4.94. The molecule has 0 bridgehead atoms. The molecule has 6 heteroatoms. The normalized spacial score (nSPS) is 19.6. The van der Waals surface area contributed by atoms with Gasteiger partial charge in [0.2, 0.25) is 5.91 Å². The third-order valence-electron chi connectivity index (χ3n) is 3.60. The SMILES string of the molecule is NNC=Nc1ccc(CCN2CCC[C@H]2C(N)=O)cc1. The van der Waals surface area contributed by atoms with E-state index in [1.165, 1.54) is 11.9 Å². The van der Waals surface area contributed by atoms with Crippen LogP contribution in [0.25, 0.3) is 0 Å². The number of primary amides is 1. The number of carbonyl (C=O) groups is 1. The van der Waals surface area contributed by atoms with Crippen molar-refractivity contribution in [3.63, 3.8) is 0 Å². The van der Waals surface area contributed by atoms with E-state index in [1.807, 2.05) is 24.3 Å². The molecule has 1 aromatic rings. The van der Waals surface area contributed by atoms with Crippen molar-refractivity contribution in [2.45, 2.75) is 25.3 Å². The second kappa shape index (κ2) is 7.02. The van der Waals surface area contributed by atoms with Gasteiger partial charge in [0.1, 0.15) is 6.34 Å². The second-order valence-corrected chi connectivity index (χ2v) is 4.94. The standard InChI is InChI=1S/C14H21N5O/c15-14(20)13-2-1-8-19(13)9-7-11-3-5-12(6-4-11)17-10-18-16/h3-6,10,13H,1-2,7-9,16H2,(H2,15,20)(H,17,18)/t13-/m0/s1. The van der Waals surface area contributed by atoms with Gasteiger partial charge in [-0.25, -0.2) is 10.8 Å². The lowest BCUT2D eigenvalue weighted by atomic mass is 10.1. The summed E-state index contributed by atoms with van der Waals surface area (Å²) in [5.74, 6) is 4.91. The molecular formula is C14H21N5O. The fourth-order valence-electron chi connectivity index (χ4n) is 2.55. The first-order valence-corrected chi connectivity index (χ1v) is 6.81. The van der Waals surface area contributed by atoms with Gasteiger partial charge in [0.25, 0.3) is 0 Å². The van der Waals surface area contributed by atoms with Crippen LogP contribution in [0.1, 0.15) is 18.4 Å². The van der Waals surface area contributed by atoms with Crippen molar-refractivity contribution in [2.75, 3.05) is 13.1 Å². The lowest BCUT2D eigenvalue weighted by Crippen LogP contribution is -2.41. The van der Waals surface area contributed by atoms with E-state index in [0.29, 0.717) is 0 Å². The lowest BCUT2D eigenvalue weighted by molar-refractivity contribution is -0.122. The molecule has 1 heterocycles. The van der Waals surface area contributed by atoms with Gasteiger partial charge < -0.3 is 11.2 Å². The summed E-state index contributed by atoms with van der Waals surface area (Å²) in [6.45, 7) is 1.82. The molecular weight excluding hydrogens is 254 g/mol. The number of hydrogen-bond acceptors (Lipinski definition) is 4. The van der Waals surface area contributed by atoms with E-state index in [1.54, 1.807) is 0 Å². The third kappa shape index (κ3) is 3.79. The molecule has 108 valence electrons. The Kier molecular flexibility index (Phi) is 5.09. The maximum Gasteiger partial charge on any atom is 0.234 e. The first-order chi connectivity index (χ1) is 9.70. The number of likely N-dealkylation sites (tertiary alicyclic amines) is 1. The summed E-state index contributed by atoms with van der Waals surface area (Å²) in [6.07, 6.45) is 4.28. The van der Waals surface area contributed by atoms with Crippen molar-refractivity contribution in [3.05, 3.63) is 29.8 Å². The summed E-state index contributed by atoms with van der Waals surface area (Å²) in [5.41, 5.74) is 9.85. The number of rotatable bonds is 6. The molecule has 1 amide bonds. The van der Waals surface area contributed by atoms with Gasteiger partial charge in [-0.15, -0.1) is 0 Å². The number of nitrogens with one attached hydrogen (secondary N) is 1. The molecule has 2 rings (SSSR count). The Balaban J connectivity index is 1.87. The minimum atomic E-state index is -0.207. The zero-order chi connectivity index (χ0) is 14.4. The van der Waals surface area contributed by atoms with Crippen LogP contribution >= 0.6 is 0 Å². The number of nitrogens with two attached hydrogens (primary N) is 2. The Morgan fingerprint density at radius 2 is 2.20 bits per heavy atom. The Morgan fingerprint density at radius 1 is 1.45 bits per heavy atom. The predicted molar refractivity (Wildman–Crippen MR) is 79.4 cm³/mol. The van der Waals surface area contributed by atoms with Crippen molar-refractivity contribution >= 4 is 17.9 Å². The number of aliphatic imine (C=N–C) groups is 1. The molecule has 1 fully saturated rings. The van der Waals surface area contributed by atoms with Crippen LogP contribution in [0, 0.1) is 0 Å². The summed E-state index contributed by atoms with van der Waals surface area (Å²) >= 11 is 0. The van der Waals surface area contributed by atoms with Gasteiger partial charge in [-0.1, -0.05) is 12.1 Å². The Labute approximate surface area is 118 Å². The molecule has 20 heavy (non-hydrogen) atoms.